The summed E-state index contributed by atoms with van der Waals surface area (Å²) in [5.74, 6) is -0.278. The number of fused-ring (bicyclic) bond motifs is 1. The molecule has 0 saturated carbocycles. The fourth-order valence-electron chi connectivity index (χ4n) is 3.55. The van der Waals surface area contributed by atoms with Gasteiger partial charge >= 0.3 is 5.69 Å². The van der Waals surface area contributed by atoms with Crippen molar-refractivity contribution in [3.63, 3.8) is 0 Å². The van der Waals surface area contributed by atoms with E-state index in [9.17, 15) is 19.5 Å². The number of carbonyl (C=O) groups excluding carboxylic acids is 1. The van der Waals surface area contributed by atoms with E-state index >= 15 is 0 Å². The Morgan fingerprint density at radius 1 is 0.935 bits per heavy atom. The minimum atomic E-state index is -1.11. The highest BCUT2D eigenvalue weighted by Crippen LogP contribution is 2.17. The highest BCUT2D eigenvalue weighted by molar-refractivity contribution is 5.84. The van der Waals surface area contributed by atoms with Crippen LogP contribution in [0.4, 0.5) is 0 Å². The minimum Gasteiger partial charge on any atom is -0.508 e. The summed E-state index contributed by atoms with van der Waals surface area (Å²) >= 11 is 0. The number of aromatic hydroxyl groups is 1. The standard InChI is InChI=1S/C24H21N3O4/c28-18-12-10-16(11-13-18)14-15-25-22(29)21(17-6-2-1-3-7-17)27-23(30)19-8-4-5-9-20(19)26-24(27)31/h1-13,21,28H,14-15H2,(H,25,29)(H,26,31)/t21-/m0/s1. The van der Waals surface area contributed by atoms with E-state index in [-0.39, 0.29) is 5.75 Å². The van der Waals surface area contributed by atoms with Crippen LogP contribution in [0.5, 0.6) is 5.75 Å². The molecule has 0 spiro atoms. The average Bonchev–Trinajstić information content (AvgIpc) is 2.78. The van der Waals surface area contributed by atoms with Gasteiger partial charge in [-0.2, -0.15) is 0 Å². The number of aromatic amines is 1. The molecule has 0 fully saturated rings. The molecule has 0 saturated heterocycles. The Morgan fingerprint density at radius 2 is 1.61 bits per heavy atom. The summed E-state index contributed by atoms with van der Waals surface area (Å²) in [7, 11) is 0. The van der Waals surface area contributed by atoms with Crippen molar-refractivity contribution in [2.75, 3.05) is 6.54 Å². The lowest BCUT2D eigenvalue weighted by Gasteiger charge is -2.19. The van der Waals surface area contributed by atoms with Gasteiger partial charge < -0.3 is 15.4 Å². The SMILES string of the molecule is O=C(NCCc1ccc(O)cc1)[C@H](c1ccccc1)n1c(=O)[nH]c2ccccc2c1=O. The molecule has 0 aliphatic rings. The number of phenols is 1. The molecule has 1 heterocycles. The normalized spacial score (nSPS) is 11.9. The van der Waals surface area contributed by atoms with Crippen molar-refractivity contribution in [2.45, 2.75) is 12.5 Å². The molecule has 4 aromatic rings. The number of aromatic nitrogens is 2. The molecular formula is C24H21N3O4. The van der Waals surface area contributed by atoms with Crippen molar-refractivity contribution in [2.24, 2.45) is 0 Å². The molecular weight excluding hydrogens is 394 g/mol. The molecule has 3 aromatic carbocycles. The molecule has 156 valence electrons. The summed E-state index contributed by atoms with van der Waals surface area (Å²) in [5.41, 5.74) is 0.726. The van der Waals surface area contributed by atoms with Gasteiger partial charge in [0.15, 0.2) is 0 Å². The third kappa shape index (κ3) is 4.25. The van der Waals surface area contributed by atoms with Crippen LogP contribution in [0.3, 0.4) is 0 Å². The quantitative estimate of drug-likeness (QED) is 0.450. The lowest BCUT2D eigenvalue weighted by Crippen LogP contribution is -2.45. The number of hydrogen-bond donors (Lipinski definition) is 3. The Balaban J connectivity index is 1.68. The summed E-state index contributed by atoms with van der Waals surface area (Å²) < 4.78 is 0.966. The van der Waals surface area contributed by atoms with Crippen LogP contribution in [0.25, 0.3) is 10.9 Å². The highest BCUT2D eigenvalue weighted by atomic mass is 16.3. The van der Waals surface area contributed by atoms with Gasteiger partial charge in [-0.05, 0) is 41.8 Å². The summed E-state index contributed by atoms with van der Waals surface area (Å²) in [6.45, 7) is 0.313. The number of nitrogens with one attached hydrogen (secondary N) is 2. The maximum Gasteiger partial charge on any atom is 0.329 e. The number of benzene rings is 3. The Kier molecular flexibility index (Phi) is 5.66. The largest absolute Gasteiger partial charge is 0.508 e. The number of para-hydroxylation sites is 1. The molecule has 7 nitrogen and oxygen atoms in total. The number of phenolic OH excluding ortho intramolecular Hbond substituents is 1. The maximum absolute atomic E-state index is 13.2. The van der Waals surface area contributed by atoms with E-state index in [0.29, 0.717) is 29.4 Å². The number of amides is 1. The van der Waals surface area contributed by atoms with Crippen molar-refractivity contribution in [1.82, 2.24) is 14.9 Å². The fraction of sp³-hybridized carbons (Fsp3) is 0.125. The van der Waals surface area contributed by atoms with Crippen molar-refractivity contribution < 1.29 is 9.90 Å². The second-order valence-corrected chi connectivity index (χ2v) is 7.17. The van der Waals surface area contributed by atoms with Crippen molar-refractivity contribution in [3.05, 3.63) is 111 Å². The Bertz CT molecular complexity index is 1330. The first-order valence-electron chi connectivity index (χ1n) is 9.89. The number of rotatable bonds is 6. The number of H-pyrrole nitrogens is 1. The van der Waals surface area contributed by atoms with Gasteiger partial charge in [-0.3, -0.25) is 9.59 Å². The summed E-state index contributed by atoms with van der Waals surface area (Å²) in [4.78, 5) is 41.8. The molecule has 3 N–H and O–H groups in total. The van der Waals surface area contributed by atoms with Gasteiger partial charge in [0.25, 0.3) is 5.56 Å². The number of hydrogen-bond acceptors (Lipinski definition) is 4. The maximum atomic E-state index is 13.2. The van der Waals surface area contributed by atoms with Crippen LogP contribution in [0.15, 0.2) is 88.5 Å². The topological polar surface area (TPSA) is 104 Å². The molecule has 1 aromatic heterocycles. The first kappa shape index (κ1) is 20.2. The molecule has 1 atom stereocenters. The highest BCUT2D eigenvalue weighted by Gasteiger charge is 2.26. The fourth-order valence-corrected chi connectivity index (χ4v) is 3.55. The minimum absolute atomic E-state index is 0.173. The Hall–Kier alpha value is -4.13. The molecule has 4 rings (SSSR count). The van der Waals surface area contributed by atoms with E-state index in [0.717, 1.165) is 10.1 Å². The van der Waals surface area contributed by atoms with Crippen LogP contribution in [0.1, 0.15) is 17.2 Å². The summed E-state index contributed by atoms with van der Waals surface area (Å²) in [6, 6.07) is 21.0. The molecule has 0 unspecified atom stereocenters. The first-order valence-corrected chi connectivity index (χ1v) is 9.89. The summed E-state index contributed by atoms with van der Waals surface area (Å²) in [6.07, 6.45) is 0.538. The molecule has 0 bridgehead atoms. The second-order valence-electron chi connectivity index (χ2n) is 7.17. The monoisotopic (exact) mass is 415 g/mol. The first-order chi connectivity index (χ1) is 15.0. The lowest BCUT2D eigenvalue weighted by molar-refractivity contribution is -0.123. The van der Waals surface area contributed by atoms with Crippen molar-refractivity contribution in [1.29, 1.82) is 0 Å². The molecule has 31 heavy (non-hydrogen) atoms. The zero-order valence-electron chi connectivity index (χ0n) is 16.6. The van der Waals surface area contributed by atoms with Crippen LogP contribution in [0, 0.1) is 0 Å². The number of carbonyl (C=O) groups is 1. The van der Waals surface area contributed by atoms with Gasteiger partial charge in [-0.15, -0.1) is 0 Å². The zero-order chi connectivity index (χ0) is 21.8. The number of nitrogens with zero attached hydrogens (tertiary/aromatic N) is 1. The van der Waals surface area contributed by atoms with Crippen LogP contribution in [-0.2, 0) is 11.2 Å². The predicted molar refractivity (Wildman–Crippen MR) is 118 cm³/mol. The Labute approximate surface area is 177 Å². The van der Waals surface area contributed by atoms with Gasteiger partial charge in [0.2, 0.25) is 5.91 Å². The van der Waals surface area contributed by atoms with Crippen LogP contribution >= 0.6 is 0 Å². The molecule has 0 aliphatic carbocycles. The van der Waals surface area contributed by atoms with Gasteiger partial charge in [0.1, 0.15) is 11.8 Å². The van der Waals surface area contributed by atoms with Gasteiger partial charge in [0, 0.05) is 6.54 Å². The van der Waals surface area contributed by atoms with E-state index in [1.165, 1.54) is 0 Å². The van der Waals surface area contributed by atoms with Crippen LogP contribution in [0.2, 0.25) is 0 Å². The van der Waals surface area contributed by atoms with Crippen molar-refractivity contribution in [3.8, 4) is 5.75 Å². The average molecular weight is 415 g/mol. The second kappa shape index (κ2) is 8.71. The smallest absolute Gasteiger partial charge is 0.329 e. The molecule has 0 aliphatic heterocycles. The van der Waals surface area contributed by atoms with E-state index < -0.39 is 23.2 Å². The van der Waals surface area contributed by atoms with Crippen molar-refractivity contribution >= 4 is 16.8 Å². The van der Waals surface area contributed by atoms with Crippen LogP contribution < -0.4 is 16.6 Å². The molecule has 1 amide bonds. The third-order valence-corrected chi connectivity index (χ3v) is 5.11. The predicted octanol–water partition coefficient (Wildman–Crippen LogP) is 2.34. The zero-order valence-corrected chi connectivity index (χ0v) is 16.6. The van der Waals surface area contributed by atoms with Crippen LogP contribution in [-0.4, -0.2) is 27.1 Å². The lowest BCUT2D eigenvalue weighted by atomic mass is 10.1. The van der Waals surface area contributed by atoms with E-state index in [1.54, 1.807) is 78.9 Å². The van der Waals surface area contributed by atoms with E-state index in [1.807, 2.05) is 0 Å². The van der Waals surface area contributed by atoms with E-state index in [4.69, 9.17) is 0 Å². The van der Waals surface area contributed by atoms with Gasteiger partial charge in [0.05, 0.1) is 10.9 Å². The van der Waals surface area contributed by atoms with E-state index in [2.05, 4.69) is 10.3 Å². The third-order valence-electron chi connectivity index (χ3n) is 5.11. The Morgan fingerprint density at radius 3 is 2.35 bits per heavy atom. The summed E-state index contributed by atoms with van der Waals surface area (Å²) in [5, 5.41) is 12.6. The molecule has 0 radical (unpaired) electrons. The molecule has 7 heteroatoms. The van der Waals surface area contributed by atoms with Gasteiger partial charge in [-0.1, -0.05) is 54.6 Å². The van der Waals surface area contributed by atoms with Gasteiger partial charge in [-0.25, -0.2) is 9.36 Å².